The van der Waals surface area contributed by atoms with Crippen molar-refractivity contribution in [1.29, 1.82) is 0 Å². The van der Waals surface area contributed by atoms with E-state index < -0.39 is 5.41 Å². The van der Waals surface area contributed by atoms with Gasteiger partial charge in [-0.3, -0.25) is 0 Å². The van der Waals surface area contributed by atoms with Crippen molar-refractivity contribution in [2.45, 2.75) is 20.4 Å². The van der Waals surface area contributed by atoms with Gasteiger partial charge in [0.25, 0.3) is 0 Å². The molecule has 1 rings (SSSR count). The van der Waals surface area contributed by atoms with Crippen LogP contribution in [0.15, 0.2) is 35.5 Å². The van der Waals surface area contributed by atoms with E-state index in [-0.39, 0.29) is 18.4 Å². The molecule has 0 aliphatic heterocycles. The van der Waals surface area contributed by atoms with Crippen LogP contribution in [0.2, 0.25) is 0 Å². The third kappa shape index (κ3) is 4.87. The maximum atomic E-state index is 11.6. The molecule has 2 amide bonds. The molecule has 104 valence electrons. The lowest BCUT2D eigenvalue weighted by molar-refractivity contribution is 0.237. The largest absolute Gasteiger partial charge is 0.409 e. The summed E-state index contributed by atoms with van der Waals surface area (Å²) in [5.74, 6) is 0.0795. The standard InChI is InChI=1S/C13H20N4O2/c1-13(2,11(14)17-19)9-16-12(18)15-8-10-6-4-3-5-7-10/h3-7,19H,8-9H2,1-2H3,(H2,14,17)(H2,15,16,18). The van der Waals surface area contributed by atoms with Gasteiger partial charge in [0.05, 0.1) is 0 Å². The van der Waals surface area contributed by atoms with Gasteiger partial charge in [0.2, 0.25) is 0 Å². The quantitative estimate of drug-likeness (QED) is 0.279. The maximum Gasteiger partial charge on any atom is 0.315 e. The summed E-state index contributed by atoms with van der Waals surface area (Å²) in [6.45, 7) is 4.29. The smallest absolute Gasteiger partial charge is 0.315 e. The molecular formula is C13H20N4O2. The van der Waals surface area contributed by atoms with E-state index in [1.807, 2.05) is 30.3 Å². The van der Waals surface area contributed by atoms with Gasteiger partial charge in [-0.15, -0.1) is 0 Å². The van der Waals surface area contributed by atoms with Gasteiger partial charge in [-0.05, 0) is 5.56 Å². The number of urea groups is 1. The Morgan fingerprint density at radius 3 is 2.53 bits per heavy atom. The normalized spacial score (nSPS) is 12.0. The van der Waals surface area contributed by atoms with E-state index in [0.29, 0.717) is 6.54 Å². The van der Waals surface area contributed by atoms with E-state index in [9.17, 15) is 4.79 Å². The number of nitrogens with two attached hydrogens (primary N) is 1. The number of nitrogens with one attached hydrogen (secondary N) is 2. The van der Waals surface area contributed by atoms with Crippen LogP contribution in [-0.2, 0) is 6.54 Å². The summed E-state index contributed by atoms with van der Waals surface area (Å²) in [6.07, 6.45) is 0. The Morgan fingerprint density at radius 1 is 1.32 bits per heavy atom. The van der Waals surface area contributed by atoms with E-state index in [2.05, 4.69) is 15.8 Å². The predicted octanol–water partition coefficient (Wildman–Crippen LogP) is 1.26. The van der Waals surface area contributed by atoms with Crippen LogP contribution >= 0.6 is 0 Å². The van der Waals surface area contributed by atoms with Gasteiger partial charge in [0.15, 0.2) is 0 Å². The molecule has 19 heavy (non-hydrogen) atoms. The number of benzene rings is 1. The highest BCUT2D eigenvalue weighted by Gasteiger charge is 2.24. The third-order valence-electron chi connectivity index (χ3n) is 2.79. The number of oxime groups is 1. The van der Waals surface area contributed by atoms with Crippen molar-refractivity contribution < 1.29 is 10.0 Å². The summed E-state index contributed by atoms with van der Waals surface area (Å²) in [7, 11) is 0. The van der Waals surface area contributed by atoms with E-state index >= 15 is 0 Å². The lowest BCUT2D eigenvalue weighted by Gasteiger charge is -2.23. The lowest BCUT2D eigenvalue weighted by Crippen LogP contribution is -2.45. The van der Waals surface area contributed by atoms with Crippen LogP contribution in [-0.4, -0.2) is 23.6 Å². The fraction of sp³-hybridized carbons (Fsp3) is 0.385. The minimum Gasteiger partial charge on any atom is -0.409 e. The Balaban J connectivity index is 2.36. The summed E-state index contributed by atoms with van der Waals surface area (Å²) in [5, 5.41) is 17.0. The number of carbonyl (C=O) groups excluding carboxylic acids is 1. The van der Waals surface area contributed by atoms with Crippen molar-refractivity contribution in [3.63, 3.8) is 0 Å². The van der Waals surface area contributed by atoms with Gasteiger partial charge in [-0.1, -0.05) is 49.3 Å². The Morgan fingerprint density at radius 2 is 1.95 bits per heavy atom. The van der Waals surface area contributed by atoms with Gasteiger partial charge in [0, 0.05) is 18.5 Å². The van der Waals surface area contributed by atoms with Crippen molar-refractivity contribution >= 4 is 11.9 Å². The molecule has 0 saturated carbocycles. The summed E-state index contributed by atoms with van der Waals surface area (Å²) in [5.41, 5.74) is 5.95. The molecule has 0 aliphatic rings. The minimum atomic E-state index is -0.598. The second kappa shape index (κ2) is 6.63. The third-order valence-corrected chi connectivity index (χ3v) is 2.79. The molecule has 0 aromatic heterocycles. The molecule has 6 nitrogen and oxygen atoms in total. The van der Waals surface area contributed by atoms with Crippen LogP contribution < -0.4 is 16.4 Å². The fourth-order valence-electron chi connectivity index (χ4n) is 1.37. The van der Waals surface area contributed by atoms with Gasteiger partial charge in [0.1, 0.15) is 5.84 Å². The van der Waals surface area contributed by atoms with E-state index in [1.165, 1.54) is 0 Å². The van der Waals surface area contributed by atoms with E-state index in [1.54, 1.807) is 13.8 Å². The molecule has 5 N–H and O–H groups in total. The summed E-state index contributed by atoms with van der Waals surface area (Å²) in [4.78, 5) is 11.6. The number of hydrogen-bond acceptors (Lipinski definition) is 3. The zero-order valence-electron chi connectivity index (χ0n) is 11.2. The number of rotatable bonds is 5. The molecule has 0 bridgehead atoms. The monoisotopic (exact) mass is 264 g/mol. The number of hydrogen-bond donors (Lipinski definition) is 4. The Hall–Kier alpha value is -2.24. The number of nitrogens with zero attached hydrogens (tertiary/aromatic N) is 1. The lowest BCUT2D eigenvalue weighted by atomic mass is 9.92. The van der Waals surface area contributed by atoms with Crippen molar-refractivity contribution in [3.8, 4) is 0 Å². The zero-order valence-corrected chi connectivity index (χ0v) is 11.2. The molecular weight excluding hydrogens is 244 g/mol. The molecule has 0 unspecified atom stereocenters. The van der Waals surface area contributed by atoms with Gasteiger partial charge in [-0.2, -0.15) is 0 Å². The molecule has 6 heteroatoms. The minimum absolute atomic E-state index is 0.0795. The van der Waals surface area contributed by atoms with Crippen LogP contribution in [0.4, 0.5) is 4.79 Å². The SMILES string of the molecule is CC(C)(CNC(=O)NCc1ccccc1)/C(N)=N/O. The Kier molecular flexibility index (Phi) is 5.17. The summed E-state index contributed by atoms with van der Waals surface area (Å²) in [6, 6.07) is 9.32. The van der Waals surface area contributed by atoms with Crippen molar-refractivity contribution in [2.75, 3.05) is 6.54 Å². The fourth-order valence-corrected chi connectivity index (χ4v) is 1.37. The van der Waals surface area contributed by atoms with Crippen LogP contribution in [0.3, 0.4) is 0 Å². The first-order chi connectivity index (χ1) is 8.95. The number of amides is 2. The molecule has 0 radical (unpaired) electrons. The molecule has 0 atom stereocenters. The van der Waals surface area contributed by atoms with Gasteiger partial charge < -0.3 is 21.6 Å². The zero-order chi connectivity index (χ0) is 14.3. The summed E-state index contributed by atoms with van der Waals surface area (Å²) < 4.78 is 0. The first-order valence-corrected chi connectivity index (χ1v) is 5.99. The molecule has 0 spiro atoms. The molecule has 1 aromatic carbocycles. The maximum absolute atomic E-state index is 11.6. The first kappa shape index (κ1) is 14.8. The van der Waals surface area contributed by atoms with E-state index in [0.717, 1.165) is 5.56 Å². The molecule has 0 saturated heterocycles. The second-order valence-electron chi connectivity index (χ2n) is 4.89. The average Bonchev–Trinajstić information content (AvgIpc) is 2.43. The van der Waals surface area contributed by atoms with Gasteiger partial charge >= 0.3 is 6.03 Å². The van der Waals surface area contributed by atoms with Crippen LogP contribution in [0.25, 0.3) is 0 Å². The number of amidine groups is 1. The van der Waals surface area contributed by atoms with Gasteiger partial charge in [-0.25, -0.2) is 4.79 Å². The predicted molar refractivity (Wildman–Crippen MR) is 73.9 cm³/mol. The molecule has 0 fully saturated rings. The molecule has 0 aliphatic carbocycles. The van der Waals surface area contributed by atoms with Crippen molar-refractivity contribution in [1.82, 2.24) is 10.6 Å². The topological polar surface area (TPSA) is 99.7 Å². The highest BCUT2D eigenvalue weighted by Crippen LogP contribution is 2.12. The van der Waals surface area contributed by atoms with Crippen LogP contribution in [0.5, 0.6) is 0 Å². The van der Waals surface area contributed by atoms with Crippen LogP contribution in [0, 0.1) is 5.41 Å². The Bertz CT molecular complexity index is 443. The Labute approximate surface area is 112 Å². The first-order valence-electron chi connectivity index (χ1n) is 5.99. The number of carbonyl (C=O) groups is 1. The van der Waals surface area contributed by atoms with Crippen LogP contribution in [0.1, 0.15) is 19.4 Å². The molecule has 0 heterocycles. The van der Waals surface area contributed by atoms with Crippen molar-refractivity contribution in [3.05, 3.63) is 35.9 Å². The average molecular weight is 264 g/mol. The highest BCUT2D eigenvalue weighted by atomic mass is 16.4. The molecule has 1 aromatic rings. The van der Waals surface area contributed by atoms with E-state index in [4.69, 9.17) is 10.9 Å². The highest BCUT2D eigenvalue weighted by molar-refractivity contribution is 5.86. The second-order valence-corrected chi connectivity index (χ2v) is 4.89. The summed E-state index contributed by atoms with van der Waals surface area (Å²) >= 11 is 0. The van der Waals surface area contributed by atoms with Crippen molar-refractivity contribution in [2.24, 2.45) is 16.3 Å².